The Hall–Kier alpha value is -4.12. The first-order valence-electron chi connectivity index (χ1n) is 11.2. The molecule has 5 nitrogen and oxygen atoms in total. The van der Waals surface area contributed by atoms with Gasteiger partial charge in [-0.15, -0.1) is 0 Å². The van der Waals surface area contributed by atoms with E-state index in [1.165, 1.54) is 0 Å². The fourth-order valence-electron chi connectivity index (χ4n) is 3.86. The molecule has 0 radical (unpaired) electrons. The topological polar surface area (TPSA) is 44.9 Å². The van der Waals surface area contributed by atoms with Gasteiger partial charge in [0.25, 0.3) is 0 Å². The Labute approximate surface area is 193 Å². The van der Waals surface area contributed by atoms with E-state index in [1.54, 1.807) is 12.4 Å². The van der Waals surface area contributed by atoms with Crippen LogP contribution in [0.15, 0.2) is 104 Å². The van der Waals surface area contributed by atoms with Crippen molar-refractivity contribution in [2.45, 2.75) is 13.8 Å². The Morgan fingerprint density at radius 1 is 0.697 bits per heavy atom. The molecule has 0 aliphatic heterocycles. The molecule has 33 heavy (non-hydrogen) atoms. The normalized spacial score (nSPS) is 11.1. The van der Waals surface area contributed by atoms with Gasteiger partial charge in [0.2, 0.25) is 0 Å². The summed E-state index contributed by atoms with van der Waals surface area (Å²) in [5, 5.41) is 8.86. The van der Waals surface area contributed by atoms with Crippen LogP contribution in [0.1, 0.15) is 13.8 Å². The summed E-state index contributed by atoms with van der Waals surface area (Å²) in [6.07, 6.45) is 7.49. The summed E-state index contributed by atoms with van der Waals surface area (Å²) < 4.78 is 10.0. The van der Waals surface area contributed by atoms with E-state index in [1.807, 2.05) is 52.1 Å². The molecule has 2 aromatic heterocycles. The van der Waals surface area contributed by atoms with Gasteiger partial charge in [0.15, 0.2) is 0 Å². The third-order valence-electron chi connectivity index (χ3n) is 5.45. The van der Waals surface area contributed by atoms with E-state index in [0.717, 1.165) is 39.4 Å². The highest BCUT2D eigenvalue weighted by Crippen LogP contribution is 2.40. The van der Waals surface area contributed by atoms with Crippen molar-refractivity contribution < 1.29 is 4.74 Å². The highest BCUT2D eigenvalue weighted by atomic mass is 16.5. The highest BCUT2D eigenvalue weighted by molar-refractivity contribution is 5.88. The van der Waals surface area contributed by atoms with E-state index in [9.17, 15) is 0 Å². The summed E-state index contributed by atoms with van der Waals surface area (Å²) in [6, 6.07) is 27.0. The minimum Gasteiger partial charge on any atom is -0.493 e. The zero-order chi connectivity index (χ0) is 22.6. The van der Waals surface area contributed by atoms with Crippen LogP contribution >= 0.6 is 0 Å². The monoisotopic (exact) mass is 434 g/mol. The second kappa shape index (κ2) is 9.17. The Morgan fingerprint density at radius 3 is 1.94 bits per heavy atom. The Bertz CT molecular complexity index is 1320. The predicted octanol–water partition coefficient (Wildman–Crippen LogP) is 6.43. The maximum atomic E-state index is 6.29. The number of benzene rings is 3. The third-order valence-corrected chi connectivity index (χ3v) is 5.45. The van der Waals surface area contributed by atoms with Crippen LogP contribution in [-0.4, -0.2) is 26.2 Å². The van der Waals surface area contributed by atoms with Crippen molar-refractivity contribution in [1.29, 1.82) is 0 Å². The molecule has 5 aromatic rings. The van der Waals surface area contributed by atoms with E-state index in [-0.39, 0.29) is 0 Å². The van der Waals surface area contributed by atoms with Gasteiger partial charge in [0.1, 0.15) is 5.75 Å². The van der Waals surface area contributed by atoms with Gasteiger partial charge in [-0.1, -0.05) is 50.2 Å². The van der Waals surface area contributed by atoms with E-state index in [2.05, 4.69) is 72.6 Å². The average molecular weight is 435 g/mol. The van der Waals surface area contributed by atoms with E-state index in [4.69, 9.17) is 4.74 Å². The number of hydrogen-bond acceptors (Lipinski definition) is 3. The standard InChI is InChI=1S/C28H26N4O/c1-21(2)20-33-28-13-11-24(32-17-7-15-30-32)19-27(28)26-18-23(31-16-6-14-29-31)10-12-25(26)22-8-4-3-5-9-22/h3-19,21H,20H2,1-2H3. The van der Waals surface area contributed by atoms with E-state index in [0.29, 0.717) is 12.5 Å². The molecule has 5 heteroatoms. The van der Waals surface area contributed by atoms with Crippen molar-refractivity contribution in [2.24, 2.45) is 5.92 Å². The largest absolute Gasteiger partial charge is 0.493 e. The second-order valence-electron chi connectivity index (χ2n) is 8.38. The minimum atomic E-state index is 0.424. The summed E-state index contributed by atoms with van der Waals surface area (Å²) in [6.45, 7) is 4.96. The first-order chi connectivity index (χ1) is 16.2. The number of rotatable bonds is 7. The summed E-state index contributed by atoms with van der Waals surface area (Å²) >= 11 is 0. The van der Waals surface area contributed by atoms with Crippen LogP contribution < -0.4 is 4.74 Å². The quantitative estimate of drug-likeness (QED) is 0.297. The molecule has 0 N–H and O–H groups in total. The van der Waals surface area contributed by atoms with Crippen LogP contribution in [0, 0.1) is 5.92 Å². The average Bonchev–Trinajstić information content (AvgIpc) is 3.58. The molecule has 0 atom stereocenters. The lowest BCUT2D eigenvalue weighted by Gasteiger charge is -2.18. The molecule has 0 bridgehead atoms. The maximum Gasteiger partial charge on any atom is 0.127 e. The summed E-state index contributed by atoms with van der Waals surface area (Å²) in [5.74, 6) is 1.28. The number of aromatic nitrogens is 4. The molecule has 0 saturated heterocycles. The third kappa shape index (κ3) is 4.44. The van der Waals surface area contributed by atoms with Crippen LogP contribution in [0.5, 0.6) is 5.75 Å². The number of hydrogen-bond donors (Lipinski definition) is 0. The van der Waals surface area contributed by atoms with Gasteiger partial charge < -0.3 is 4.74 Å². The zero-order valence-electron chi connectivity index (χ0n) is 18.8. The molecule has 0 spiro atoms. The van der Waals surface area contributed by atoms with Crippen LogP contribution in [0.3, 0.4) is 0 Å². The zero-order valence-corrected chi connectivity index (χ0v) is 18.8. The lowest BCUT2D eigenvalue weighted by atomic mass is 9.93. The van der Waals surface area contributed by atoms with E-state index < -0.39 is 0 Å². The molecule has 164 valence electrons. The van der Waals surface area contributed by atoms with Crippen molar-refractivity contribution in [1.82, 2.24) is 19.6 Å². The van der Waals surface area contributed by atoms with Gasteiger partial charge in [-0.05, 0) is 65.1 Å². The van der Waals surface area contributed by atoms with Gasteiger partial charge >= 0.3 is 0 Å². The highest BCUT2D eigenvalue weighted by Gasteiger charge is 2.16. The van der Waals surface area contributed by atoms with Crippen molar-refractivity contribution in [3.05, 3.63) is 104 Å². The summed E-state index contributed by atoms with van der Waals surface area (Å²) in [5.41, 5.74) is 6.38. The fourth-order valence-corrected chi connectivity index (χ4v) is 3.86. The van der Waals surface area contributed by atoms with Crippen molar-refractivity contribution in [2.75, 3.05) is 6.61 Å². The van der Waals surface area contributed by atoms with Crippen molar-refractivity contribution in [3.63, 3.8) is 0 Å². The second-order valence-corrected chi connectivity index (χ2v) is 8.38. The number of nitrogens with zero attached hydrogens (tertiary/aromatic N) is 4. The lowest BCUT2D eigenvalue weighted by molar-refractivity contribution is 0.272. The molecule has 5 rings (SSSR count). The fraction of sp³-hybridized carbons (Fsp3) is 0.143. The smallest absolute Gasteiger partial charge is 0.127 e. The van der Waals surface area contributed by atoms with Crippen LogP contribution in [0.4, 0.5) is 0 Å². The van der Waals surface area contributed by atoms with E-state index >= 15 is 0 Å². The SMILES string of the molecule is CC(C)COc1ccc(-n2cccn2)cc1-c1cc(-n2cccn2)ccc1-c1ccccc1. The van der Waals surface area contributed by atoms with Crippen molar-refractivity contribution >= 4 is 0 Å². The molecular formula is C28H26N4O. The van der Waals surface area contributed by atoms with Gasteiger partial charge in [-0.2, -0.15) is 10.2 Å². The Morgan fingerprint density at radius 2 is 1.33 bits per heavy atom. The van der Waals surface area contributed by atoms with Crippen molar-refractivity contribution in [3.8, 4) is 39.4 Å². The first kappa shape index (κ1) is 20.8. The van der Waals surface area contributed by atoms with Crippen LogP contribution in [0.2, 0.25) is 0 Å². The molecule has 3 aromatic carbocycles. The predicted molar refractivity (Wildman–Crippen MR) is 132 cm³/mol. The van der Waals surface area contributed by atoms with Gasteiger partial charge in [-0.3, -0.25) is 0 Å². The molecular weight excluding hydrogens is 408 g/mol. The Balaban J connectivity index is 1.73. The molecule has 0 aliphatic carbocycles. The molecule has 2 heterocycles. The molecule has 0 aliphatic rings. The Kier molecular flexibility index (Phi) is 5.77. The summed E-state index contributed by atoms with van der Waals surface area (Å²) in [4.78, 5) is 0. The molecule has 0 saturated carbocycles. The van der Waals surface area contributed by atoms with Gasteiger partial charge in [0, 0.05) is 30.4 Å². The summed E-state index contributed by atoms with van der Waals surface area (Å²) in [7, 11) is 0. The van der Waals surface area contributed by atoms with Gasteiger partial charge in [-0.25, -0.2) is 9.36 Å². The molecule has 0 amide bonds. The maximum absolute atomic E-state index is 6.29. The van der Waals surface area contributed by atoms with Crippen LogP contribution in [0.25, 0.3) is 33.6 Å². The molecule has 0 fully saturated rings. The number of ether oxygens (including phenoxy) is 1. The van der Waals surface area contributed by atoms with Crippen LogP contribution in [-0.2, 0) is 0 Å². The van der Waals surface area contributed by atoms with Gasteiger partial charge in [0.05, 0.1) is 18.0 Å². The first-order valence-corrected chi connectivity index (χ1v) is 11.2. The lowest BCUT2D eigenvalue weighted by Crippen LogP contribution is -2.06. The minimum absolute atomic E-state index is 0.424. The molecule has 0 unspecified atom stereocenters.